The lowest BCUT2D eigenvalue weighted by Gasteiger charge is -2.22. The Bertz CT molecular complexity index is 3340. The maximum atomic E-state index is 6.71. The summed E-state index contributed by atoms with van der Waals surface area (Å²) in [6, 6.07) is 71.2. The summed E-state index contributed by atoms with van der Waals surface area (Å²) in [5.41, 5.74) is 9.38. The van der Waals surface area contributed by atoms with Crippen LogP contribution in [0.25, 0.3) is 120 Å². The Balaban J connectivity index is 1.29. The molecular weight excluding hydrogens is 665 g/mol. The zero-order chi connectivity index (χ0) is 36.0. The topological polar surface area (TPSA) is 13.1 Å². The third-order valence-corrected chi connectivity index (χ3v) is 11.8. The van der Waals surface area contributed by atoms with Gasteiger partial charge in [-0.1, -0.05) is 170 Å². The van der Waals surface area contributed by atoms with Crippen LogP contribution in [0.3, 0.4) is 0 Å². The predicted octanol–water partition coefficient (Wildman–Crippen LogP) is 15.5. The molecule has 254 valence electrons. The third-order valence-electron chi connectivity index (χ3n) is 11.8. The number of hydrogen-bond donors (Lipinski definition) is 0. The molecule has 0 aliphatic rings. The van der Waals surface area contributed by atoms with Gasteiger partial charge in [0.05, 0.1) is 0 Å². The highest BCUT2D eigenvalue weighted by Gasteiger charge is 2.23. The molecule has 1 heteroatoms. The number of hydrogen-bond acceptors (Lipinski definition) is 1. The SMILES string of the molecule is c1ccc2oc(-c3cc(-c4cccc5ccccc45)c4ccc5c(-c6cccc7ccccc67)cc(-c6cccc7ccccc67)c6ccc3c4c65)cc2c1. The molecule has 0 atom stereocenters. The van der Waals surface area contributed by atoms with Crippen LogP contribution >= 0.6 is 0 Å². The summed E-state index contributed by atoms with van der Waals surface area (Å²) >= 11 is 0. The van der Waals surface area contributed by atoms with Crippen molar-refractivity contribution >= 4 is 75.6 Å². The van der Waals surface area contributed by atoms with Crippen molar-refractivity contribution in [3.63, 3.8) is 0 Å². The summed E-state index contributed by atoms with van der Waals surface area (Å²) in [7, 11) is 0. The van der Waals surface area contributed by atoms with Gasteiger partial charge in [0, 0.05) is 10.9 Å². The highest BCUT2D eigenvalue weighted by molar-refractivity contribution is 6.33. The Hall–Kier alpha value is -7.22. The summed E-state index contributed by atoms with van der Waals surface area (Å²) in [6.45, 7) is 0. The van der Waals surface area contributed by atoms with Crippen LogP contribution in [0.4, 0.5) is 0 Å². The molecule has 0 bridgehead atoms. The molecule has 1 aromatic heterocycles. The van der Waals surface area contributed by atoms with Crippen LogP contribution in [0.15, 0.2) is 199 Å². The van der Waals surface area contributed by atoms with E-state index in [9.17, 15) is 0 Å². The second-order valence-electron chi connectivity index (χ2n) is 14.7. The first kappa shape index (κ1) is 30.3. The van der Waals surface area contributed by atoms with Gasteiger partial charge < -0.3 is 4.42 Å². The van der Waals surface area contributed by atoms with Gasteiger partial charge >= 0.3 is 0 Å². The summed E-state index contributed by atoms with van der Waals surface area (Å²) in [4.78, 5) is 0. The van der Waals surface area contributed by atoms with Crippen LogP contribution in [0, 0.1) is 0 Å². The van der Waals surface area contributed by atoms with Gasteiger partial charge in [0.25, 0.3) is 0 Å². The fourth-order valence-electron chi connectivity index (χ4n) is 9.36. The van der Waals surface area contributed by atoms with E-state index in [0.29, 0.717) is 0 Å². The average molecular weight is 697 g/mol. The van der Waals surface area contributed by atoms with E-state index in [0.717, 1.165) is 22.3 Å². The minimum absolute atomic E-state index is 0.879. The second kappa shape index (κ2) is 11.6. The molecule has 12 aromatic rings. The zero-order valence-electron chi connectivity index (χ0n) is 29.9. The lowest BCUT2D eigenvalue weighted by Crippen LogP contribution is -1.95. The lowest BCUT2D eigenvalue weighted by atomic mass is 9.81. The number of para-hydroxylation sites is 1. The molecule has 0 radical (unpaired) electrons. The fraction of sp³-hybridized carbons (Fsp3) is 0. The minimum Gasteiger partial charge on any atom is -0.456 e. The molecule has 0 fully saturated rings. The standard InChI is InChI=1S/C54H32O/c1-5-19-37-33(12-1)16-9-22-40(37)47-31-48(41-23-10-17-34-13-2-6-20-38(34)41)44-28-29-46-50(52-30-36-15-4-8-25-51(36)55-52)32-49(45-27-26-43(47)53(44)54(45)46)42-24-11-18-35-14-3-7-21-39(35)42/h1-32H. The first-order chi connectivity index (χ1) is 27.3. The predicted molar refractivity (Wildman–Crippen MR) is 234 cm³/mol. The van der Waals surface area contributed by atoms with Gasteiger partial charge in [-0.25, -0.2) is 0 Å². The van der Waals surface area contributed by atoms with Gasteiger partial charge in [-0.3, -0.25) is 0 Å². The van der Waals surface area contributed by atoms with Crippen molar-refractivity contribution < 1.29 is 4.42 Å². The molecule has 0 unspecified atom stereocenters. The number of fused-ring (bicyclic) bond motifs is 4. The van der Waals surface area contributed by atoms with Gasteiger partial charge in [0.2, 0.25) is 0 Å². The maximum absolute atomic E-state index is 6.71. The van der Waals surface area contributed by atoms with Crippen LogP contribution in [0.2, 0.25) is 0 Å². The lowest BCUT2D eigenvalue weighted by molar-refractivity contribution is 0.632. The van der Waals surface area contributed by atoms with Crippen molar-refractivity contribution in [2.75, 3.05) is 0 Å². The van der Waals surface area contributed by atoms with E-state index in [1.165, 1.54) is 98.0 Å². The highest BCUT2D eigenvalue weighted by atomic mass is 16.3. The van der Waals surface area contributed by atoms with Gasteiger partial charge in [-0.2, -0.15) is 0 Å². The molecule has 12 rings (SSSR count). The summed E-state index contributed by atoms with van der Waals surface area (Å²) in [6.07, 6.45) is 0. The van der Waals surface area contributed by atoms with E-state index in [2.05, 4.69) is 188 Å². The van der Waals surface area contributed by atoms with Crippen LogP contribution in [-0.2, 0) is 0 Å². The molecule has 1 nitrogen and oxygen atoms in total. The number of rotatable bonds is 4. The molecule has 0 N–H and O–H groups in total. The van der Waals surface area contributed by atoms with Crippen molar-refractivity contribution in [1.82, 2.24) is 0 Å². The minimum atomic E-state index is 0.879. The largest absolute Gasteiger partial charge is 0.456 e. The van der Waals surface area contributed by atoms with Crippen molar-refractivity contribution in [3.05, 3.63) is 194 Å². The van der Waals surface area contributed by atoms with E-state index in [-0.39, 0.29) is 0 Å². The molecule has 11 aromatic carbocycles. The summed E-state index contributed by atoms with van der Waals surface area (Å²) in [5.74, 6) is 0.879. The number of furan rings is 1. The van der Waals surface area contributed by atoms with Gasteiger partial charge in [0.15, 0.2) is 0 Å². The molecule has 55 heavy (non-hydrogen) atoms. The molecule has 1 heterocycles. The molecule has 0 saturated carbocycles. The van der Waals surface area contributed by atoms with E-state index < -0.39 is 0 Å². The molecule has 0 saturated heterocycles. The van der Waals surface area contributed by atoms with Crippen LogP contribution in [-0.4, -0.2) is 0 Å². The second-order valence-corrected chi connectivity index (χ2v) is 14.7. The molecule has 0 spiro atoms. The first-order valence-corrected chi connectivity index (χ1v) is 19.0. The Morgan fingerprint density at radius 3 is 1.05 bits per heavy atom. The van der Waals surface area contributed by atoms with Crippen LogP contribution in [0.5, 0.6) is 0 Å². The van der Waals surface area contributed by atoms with Crippen molar-refractivity contribution in [1.29, 1.82) is 0 Å². The Morgan fingerprint density at radius 2 is 0.600 bits per heavy atom. The molecule has 0 amide bonds. The quantitative estimate of drug-likeness (QED) is 0.167. The van der Waals surface area contributed by atoms with E-state index in [4.69, 9.17) is 4.42 Å². The van der Waals surface area contributed by atoms with Crippen molar-refractivity contribution in [3.8, 4) is 44.7 Å². The van der Waals surface area contributed by atoms with Crippen molar-refractivity contribution in [2.45, 2.75) is 0 Å². The highest BCUT2D eigenvalue weighted by Crippen LogP contribution is 2.50. The summed E-state index contributed by atoms with van der Waals surface area (Å²) in [5, 5.41) is 16.0. The van der Waals surface area contributed by atoms with Crippen LogP contribution in [0.1, 0.15) is 0 Å². The first-order valence-electron chi connectivity index (χ1n) is 19.0. The Labute approximate surface area is 317 Å². The van der Waals surface area contributed by atoms with E-state index in [1.807, 2.05) is 6.07 Å². The Kier molecular flexibility index (Phi) is 6.40. The fourth-order valence-corrected chi connectivity index (χ4v) is 9.36. The molecule has 0 aliphatic carbocycles. The maximum Gasteiger partial charge on any atom is 0.136 e. The number of benzene rings is 11. The van der Waals surface area contributed by atoms with Crippen LogP contribution < -0.4 is 0 Å². The molecular formula is C54H32O. The zero-order valence-corrected chi connectivity index (χ0v) is 29.9. The monoisotopic (exact) mass is 696 g/mol. The van der Waals surface area contributed by atoms with Crippen molar-refractivity contribution in [2.24, 2.45) is 0 Å². The summed E-state index contributed by atoms with van der Waals surface area (Å²) < 4.78 is 6.71. The average Bonchev–Trinajstić information content (AvgIpc) is 3.69. The normalized spacial score (nSPS) is 12.0. The van der Waals surface area contributed by atoms with E-state index >= 15 is 0 Å². The smallest absolute Gasteiger partial charge is 0.136 e. The van der Waals surface area contributed by atoms with E-state index in [1.54, 1.807) is 0 Å². The van der Waals surface area contributed by atoms with Gasteiger partial charge in [0.1, 0.15) is 11.3 Å². The third kappa shape index (κ3) is 4.48. The molecule has 0 aliphatic heterocycles. The van der Waals surface area contributed by atoms with Gasteiger partial charge in [-0.05, 0) is 122 Å². The Morgan fingerprint density at radius 1 is 0.236 bits per heavy atom. The van der Waals surface area contributed by atoms with Gasteiger partial charge in [-0.15, -0.1) is 0 Å².